The number of hydrogen-bond acceptors (Lipinski definition) is 3. The molecule has 1 aromatic heterocycles. The highest BCUT2D eigenvalue weighted by Crippen LogP contribution is 2.19. The summed E-state index contributed by atoms with van der Waals surface area (Å²) in [6.07, 6.45) is 0. The number of rotatable bonds is 4. The Morgan fingerprint density at radius 3 is 2.75 bits per heavy atom. The van der Waals surface area contributed by atoms with E-state index < -0.39 is 0 Å². The summed E-state index contributed by atoms with van der Waals surface area (Å²) in [6.45, 7) is 4.07. The normalized spacial score (nSPS) is 10.6. The summed E-state index contributed by atoms with van der Waals surface area (Å²) in [5, 5.41) is 9.96. The van der Waals surface area contributed by atoms with Crippen LogP contribution in [0.15, 0.2) is 48.5 Å². The van der Waals surface area contributed by atoms with Crippen LogP contribution >= 0.6 is 12.2 Å². The average Bonchev–Trinajstić information content (AvgIpc) is 2.91. The van der Waals surface area contributed by atoms with E-state index in [9.17, 15) is 4.79 Å². The number of aromatic amines is 1. The Kier molecular flexibility index (Phi) is 4.57. The first-order valence-corrected chi connectivity index (χ1v) is 8.03. The van der Waals surface area contributed by atoms with Gasteiger partial charge in [0.1, 0.15) is 6.54 Å². The monoisotopic (exact) mass is 338 g/mol. The smallest absolute Gasteiger partial charge is 0.244 e. The average molecular weight is 338 g/mol. The second-order valence-electron chi connectivity index (χ2n) is 5.67. The summed E-state index contributed by atoms with van der Waals surface area (Å²) in [6, 6.07) is 15.6. The molecule has 5 nitrogen and oxygen atoms in total. The summed E-state index contributed by atoms with van der Waals surface area (Å²) < 4.78 is 2.13. The maximum atomic E-state index is 12.4. The number of aryl methyl sites for hydroxylation is 2. The molecule has 2 N–H and O–H groups in total. The largest absolute Gasteiger partial charge is 0.324 e. The number of anilines is 1. The minimum atomic E-state index is -0.143. The van der Waals surface area contributed by atoms with Crippen molar-refractivity contribution in [3.63, 3.8) is 0 Å². The Hall–Kier alpha value is -2.73. The van der Waals surface area contributed by atoms with Crippen molar-refractivity contribution in [3.05, 3.63) is 64.4 Å². The van der Waals surface area contributed by atoms with Gasteiger partial charge in [-0.25, -0.2) is 0 Å². The number of carbonyl (C=O) groups excluding carboxylic acids is 1. The van der Waals surface area contributed by atoms with Crippen molar-refractivity contribution in [2.45, 2.75) is 20.4 Å². The van der Waals surface area contributed by atoms with Crippen molar-refractivity contribution in [2.24, 2.45) is 0 Å². The van der Waals surface area contributed by atoms with E-state index in [2.05, 4.69) is 15.5 Å². The van der Waals surface area contributed by atoms with Crippen LogP contribution in [0, 0.1) is 18.6 Å². The van der Waals surface area contributed by atoms with Crippen LogP contribution in [-0.4, -0.2) is 20.7 Å². The van der Waals surface area contributed by atoms with E-state index in [4.69, 9.17) is 12.2 Å². The van der Waals surface area contributed by atoms with E-state index in [1.165, 1.54) is 0 Å². The number of hydrogen-bond donors (Lipinski definition) is 2. The zero-order valence-corrected chi connectivity index (χ0v) is 14.4. The number of nitrogens with one attached hydrogen (secondary N) is 2. The van der Waals surface area contributed by atoms with Crippen LogP contribution in [0.1, 0.15) is 11.1 Å². The Morgan fingerprint density at radius 1 is 1.21 bits per heavy atom. The SMILES string of the molecule is Cc1cccc(-c2n[nH]c(=S)n2CC(=O)Nc2ccccc2C)c1. The van der Waals surface area contributed by atoms with E-state index in [-0.39, 0.29) is 12.5 Å². The van der Waals surface area contributed by atoms with Gasteiger partial charge in [-0.2, -0.15) is 5.10 Å². The molecule has 1 amide bonds. The molecule has 2 aromatic carbocycles. The van der Waals surface area contributed by atoms with Gasteiger partial charge in [-0.1, -0.05) is 42.0 Å². The van der Waals surface area contributed by atoms with Gasteiger partial charge in [0.25, 0.3) is 0 Å². The maximum Gasteiger partial charge on any atom is 0.244 e. The highest BCUT2D eigenvalue weighted by Gasteiger charge is 2.13. The molecular weight excluding hydrogens is 320 g/mol. The number of nitrogens with zero attached hydrogens (tertiary/aromatic N) is 2. The Morgan fingerprint density at radius 2 is 2.00 bits per heavy atom. The number of H-pyrrole nitrogens is 1. The molecule has 24 heavy (non-hydrogen) atoms. The first-order chi connectivity index (χ1) is 11.5. The molecule has 122 valence electrons. The molecule has 0 aliphatic heterocycles. The van der Waals surface area contributed by atoms with Crippen molar-refractivity contribution in [1.82, 2.24) is 14.8 Å². The predicted molar refractivity (Wildman–Crippen MR) is 97.4 cm³/mol. The van der Waals surface area contributed by atoms with Crippen LogP contribution in [0.2, 0.25) is 0 Å². The van der Waals surface area contributed by atoms with E-state index in [1.54, 1.807) is 4.57 Å². The highest BCUT2D eigenvalue weighted by atomic mass is 32.1. The number of benzene rings is 2. The fraction of sp³-hybridized carbons (Fsp3) is 0.167. The first-order valence-electron chi connectivity index (χ1n) is 7.62. The number of aromatic nitrogens is 3. The lowest BCUT2D eigenvalue weighted by Gasteiger charge is -2.10. The van der Waals surface area contributed by atoms with Gasteiger partial charge < -0.3 is 5.32 Å². The molecule has 0 atom stereocenters. The molecule has 1 heterocycles. The van der Waals surface area contributed by atoms with Gasteiger partial charge >= 0.3 is 0 Å². The van der Waals surface area contributed by atoms with Gasteiger partial charge in [0, 0.05) is 11.3 Å². The molecule has 0 aliphatic rings. The fourth-order valence-corrected chi connectivity index (χ4v) is 2.71. The van der Waals surface area contributed by atoms with Gasteiger partial charge in [-0.05, 0) is 43.8 Å². The van der Waals surface area contributed by atoms with E-state index in [0.717, 1.165) is 22.4 Å². The summed E-state index contributed by atoms with van der Waals surface area (Å²) in [5.41, 5.74) is 3.86. The number of carbonyl (C=O) groups is 1. The highest BCUT2D eigenvalue weighted by molar-refractivity contribution is 7.71. The van der Waals surface area contributed by atoms with Crippen molar-refractivity contribution in [2.75, 3.05) is 5.32 Å². The minimum absolute atomic E-state index is 0.104. The van der Waals surface area contributed by atoms with Gasteiger partial charge in [-0.15, -0.1) is 0 Å². The second-order valence-corrected chi connectivity index (χ2v) is 6.06. The molecule has 0 unspecified atom stereocenters. The zero-order chi connectivity index (χ0) is 17.1. The van der Waals surface area contributed by atoms with Gasteiger partial charge in [0.15, 0.2) is 10.6 Å². The maximum absolute atomic E-state index is 12.4. The quantitative estimate of drug-likeness (QED) is 0.710. The standard InChI is InChI=1S/C18H18N4OS/c1-12-6-5-8-14(10-12)17-20-21-18(24)22(17)11-16(23)19-15-9-4-3-7-13(15)2/h3-10H,11H2,1-2H3,(H,19,23)(H,21,24). The molecule has 0 bridgehead atoms. The van der Waals surface area contributed by atoms with Gasteiger partial charge in [0.05, 0.1) is 0 Å². The van der Waals surface area contributed by atoms with Gasteiger partial charge in [0.2, 0.25) is 5.91 Å². The van der Waals surface area contributed by atoms with Crippen molar-refractivity contribution in [1.29, 1.82) is 0 Å². The zero-order valence-electron chi connectivity index (χ0n) is 13.5. The molecule has 3 aromatic rings. The summed E-state index contributed by atoms with van der Waals surface area (Å²) in [7, 11) is 0. The van der Waals surface area contributed by atoms with Gasteiger partial charge in [-0.3, -0.25) is 14.5 Å². The first kappa shape index (κ1) is 16.1. The Balaban J connectivity index is 1.86. The molecule has 0 radical (unpaired) electrons. The third-order valence-corrected chi connectivity index (χ3v) is 4.07. The van der Waals surface area contributed by atoms with Crippen LogP contribution < -0.4 is 5.32 Å². The predicted octanol–water partition coefficient (Wildman–Crippen LogP) is 3.86. The molecular formula is C18H18N4OS. The van der Waals surface area contributed by atoms with Crippen LogP contribution in [0.4, 0.5) is 5.69 Å². The topological polar surface area (TPSA) is 62.7 Å². The molecule has 6 heteroatoms. The second kappa shape index (κ2) is 6.80. The van der Waals surface area contributed by atoms with E-state index in [0.29, 0.717) is 10.6 Å². The minimum Gasteiger partial charge on any atom is -0.324 e. The lowest BCUT2D eigenvalue weighted by Crippen LogP contribution is -2.20. The van der Waals surface area contributed by atoms with Crippen LogP contribution in [0.5, 0.6) is 0 Å². The molecule has 0 saturated heterocycles. The molecule has 3 rings (SSSR count). The van der Waals surface area contributed by atoms with Crippen LogP contribution in [0.25, 0.3) is 11.4 Å². The lowest BCUT2D eigenvalue weighted by atomic mass is 10.1. The van der Waals surface area contributed by atoms with Crippen molar-refractivity contribution in [3.8, 4) is 11.4 Å². The Labute approximate surface area is 145 Å². The van der Waals surface area contributed by atoms with Crippen LogP contribution in [-0.2, 0) is 11.3 Å². The summed E-state index contributed by atoms with van der Waals surface area (Å²) in [5.74, 6) is 0.513. The summed E-state index contributed by atoms with van der Waals surface area (Å²) in [4.78, 5) is 12.4. The van der Waals surface area contributed by atoms with Crippen molar-refractivity contribution < 1.29 is 4.79 Å². The van der Waals surface area contributed by atoms with E-state index in [1.807, 2.05) is 62.4 Å². The Bertz CT molecular complexity index is 942. The van der Waals surface area contributed by atoms with Crippen LogP contribution in [0.3, 0.4) is 0 Å². The third-order valence-electron chi connectivity index (χ3n) is 3.76. The fourth-order valence-electron chi connectivity index (χ4n) is 2.52. The molecule has 0 fully saturated rings. The van der Waals surface area contributed by atoms with Crippen molar-refractivity contribution >= 4 is 23.8 Å². The lowest BCUT2D eigenvalue weighted by molar-refractivity contribution is -0.116. The summed E-state index contributed by atoms with van der Waals surface area (Å²) >= 11 is 5.28. The number of para-hydroxylation sites is 1. The molecule has 0 saturated carbocycles. The molecule has 0 spiro atoms. The number of amides is 1. The third kappa shape index (κ3) is 3.44. The van der Waals surface area contributed by atoms with E-state index >= 15 is 0 Å². The molecule has 0 aliphatic carbocycles.